The molecule has 1 saturated carbocycles. The van der Waals surface area contributed by atoms with Crippen LogP contribution in [0, 0.1) is 5.92 Å². The van der Waals surface area contributed by atoms with Gasteiger partial charge in [-0.1, -0.05) is 6.07 Å². The van der Waals surface area contributed by atoms with E-state index in [-0.39, 0.29) is 17.7 Å². The highest BCUT2D eigenvalue weighted by atomic mass is 32.1. The van der Waals surface area contributed by atoms with E-state index in [2.05, 4.69) is 10.3 Å². The molecule has 0 spiro atoms. The summed E-state index contributed by atoms with van der Waals surface area (Å²) in [7, 11) is 0. The van der Waals surface area contributed by atoms with Crippen LogP contribution in [0.15, 0.2) is 45.7 Å². The summed E-state index contributed by atoms with van der Waals surface area (Å²) < 4.78 is 5.35. The fraction of sp³-hybridized carbons (Fsp3) is 0.200. The van der Waals surface area contributed by atoms with Gasteiger partial charge in [-0.3, -0.25) is 4.79 Å². The Morgan fingerprint density at radius 1 is 1.33 bits per heavy atom. The monoisotopic (exact) mass is 316 g/mol. The number of carbonyl (C=O) groups is 1. The highest BCUT2D eigenvalue weighted by molar-refractivity contribution is 7.16. The van der Waals surface area contributed by atoms with E-state index < -0.39 is 0 Å². The van der Waals surface area contributed by atoms with Gasteiger partial charge < -0.3 is 9.73 Å². The van der Waals surface area contributed by atoms with Gasteiger partial charge in [0, 0.05) is 17.2 Å². The number of anilines is 1. The summed E-state index contributed by atoms with van der Waals surface area (Å²) in [5, 5.41) is 7.56. The third-order valence-electron chi connectivity index (χ3n) is 3.54. The molecule has 2 unspecified atom stereocenters. The predicted molar refractivity (Wildman–Crippen MR) is 83.6 cm³/mol. The van der Waals surface area contributed by atoms with Crippen LogP contribution >= 0.6 is 22.7 Å². The summed E-state index contributed by atoms with van der Waals surface area (Å²) in [4.78, 5) is 17.8. The van der Waals surface area contributed by atoms with Crippen molar-refractivity contribution in [3.63, 3.8) is 0 Å². The Bertz CT molecular complexity index is 747. The minimum atomic E-state index is 0.00485. The number of aromatic nitrogens is 1. The van der Waals surface area contributed by atoms with E-state index >= 15 is 0 Å². The maximum Gasteiger partial charge on any atom is 0.230 e. The molecule has 1 amide bonds. The van der Waals surface area contributed by atoms with Gasteiger partial charge >= 0.3 is 0 Å². The molecule has 0 aliphatic heterocycles. The molecular formula is C15H12N2O2S2. The van der Waals surface area contributed by atoms with Gasteiger partial charge in [0.1, 0.15) is 5.76 Å². The van der Waals surface area contributed by atoms with Crippen LogP contribution in [0.2, 0.25) is 0 Å². The van der Waals surface area contributed by atoms with Crippen LogP contribution in [0.3, 0.4) is 0 Å². The van der Waals surface area contributed by atoms with E-state index in [1.165, 1.54) is 11.3 Å². The first kappa shape index (κ1) is 12.8. The molecule has 3 heterocycles. The number of thiophene rings is 1. The van der Waals surface area contributed by atoms with Gasteiger partial charge in [0.05, 0.1) is 16.8 Å². The molecule has 2 atom stereocenters. The van der Waals surface area contributed by atoms with E-state index in [9.17, 15) is 4.79 Å². The molecule has 106 valence electrons. The first-order valence-corrected chi connectivity index (χ1v) is 8.41. The maximum absolute atomic E-state index is 12.2. The van der Waals surface area contributed by atoms with Crippen molar-refractivity contribution in [1.82, 2.24) is 4.98 Å². The van der Waals surface area contributed by atoms with Gasteiger partial charge in [0.2, 0.25) is 5.91 Å². The largest absolute Gasteiger partial charge is 0.469 e. The van der Waals surface area contributed by atoms with Crippen LogP contribution in [-0.4, -0.2) is 10.9 Å². The number of nitrogens with one attached hydrogen (secondary N) is 1. The Morgan fingerprint density at radius 2 is 2.29 bits per heavy atom. The summed E-state index contributed by atoms with van der Waals surface area (Å²) in [6.07, 6.45) is 2.50. The van der Waals surface area contributed by atoms with Gasteiger partial charge in [-0.05, 0) is 30.0 Å². The average Bonchev–Trinajstić information content (AvgIpc) is 2.99. The van der Waals surface area contributed by atoms with Gasteiger partial charge in [0.15, 0.2) is 5.13 Å². The Morgan fingerprint density at radius 3 is 3.05 bits per heavy atom. The summed E-state index contributed by atoms with van der Waals surface area (Å²) in [5.41, 5.74) is 0.920. The van der Waals surface area contributed by atoms with Crippen LogP contribution in [0.1, 0.15) is 18.1 Å². The molecule has 4 nitrogen and oxygen atoms in total. The van der Waals surface area contributed by atoms with Crippen molar-refractivity contribution in [2.24, 2.45) is 5.92 Å². The molecule has 1 fully saturated rings. The van der Waals surface area contributed by atoms with E-state index in [1.54, 1.807) is 17.6 Å². The smallest absolute Gasteiger partial charge is 0.230 e. The predicted octanol–water partition coefficient (Wildman–Crippen LogP) is 4.21. The zero-order valence-corrected chi connectivity index (χ0v) is 12.6. The second-order valence-electron chi connectivity index (χ2n) is 4.97. The second kappa shape index (κ2) is 5.13. The van der Waals surface area contributed by atoms with Gasteiger partial charge in [-0.2, -0.15) is 0 Å². The SMILES string of the molecule is O=C(Nc1nc(-c2cccs2)cs1)C1CC1c1ccco1. The summed E-state index contributed by atoms with van der Waals surface area (Å²) in [6, 6.07) is 7.81. The van der Waals surface area contributed by atoms with Gasteiger partial charge in [-0.15, -0.1) is 22.7 Å². The second-order valence-corrected chi connectivity index (χ2v) is 6.77. The molecule has 1 N–H and O–H groups in total. The first-order valence-electron chi connectivity index (χ1n) is 6.65. The molecule has 3 aromatic rings. The number of carbonyl (C=O) groups excluding carboxylic acids is 1. The number of hydrogen-bond donors (Lipinski definition) is 1. The molecule has 0 radical (unpaired) electrons. The highest BCUT2D eigenvalue weighted by Crippen LogP contribution is 2.48. The fourth-order valence-electron chi connectivity index (χ4n) is 2.37. The third kappa shape index (κ3) is 2.52. The summed E-state index contributed by atoms with van der Waals surface area (Å²) in [5.74, 6) is 1.15. The molecule has 1 aliphatic rings. The summed E-state index contributed by atoms with van der Waals surface area (Å²) >= 11 is 3.10. The molecule has 4 rings (SSSR count). The van der Waals surface area contributed by atoms with Crippen LogP contribution in [-0.2, 0) is 4.79 Å². The molecule has 3 aromatic heterocycles. The Balaban J connectivity index is 1.42. The summed E-state index contributed by atoms with van der Waals surface area (Å²) in [6.45, 7) is 0. The normalized spacial score (nSPS) is 20.4. The lowest BCUT2D eigenvalue weighted by atomic mass is 10.2. The number of rotatable bonds is 4. The highest BCUT2D eigenvalue weighted by Gasteiger charge is 2.46. The lowest BCUT2D eigenvalue weighted by Crippen LogP contribution is -2.14. The molecule has 0 saturated heterocycles. The topological polar surface area (TPSA) is 55.1 Å². The molecule has 1 aliphatic carbocycles. The van der Waals surface area contributed by atoms with E-state index in [0.29, 0.717) is 5.13 Å². The standard InChI is InChI=1S/C15H12N2O2S2/c18-14(10-7-9(10)12-3-1-5-19-12)17-15-16-11(8-21-15)13-4-2-6-20-13/h1-6,8-10H,7H2,(H,16,17,18). The maximum atomic E-state index is 12.2. The fourth-order valence-corrected chi connectivity index (χ4v) is 3.84. The number of hydrogen-bond acceptors (Lipinski definition) is 5. The van der Waals surface area contributed by atoms with E-state index in [4.69, 9.17) is 4.42 Å². The lowest BCUT2D eigenvalue weighted by Gasteiger charge is -1.99. The van der Waals surface area contributed by atoms with Gasteiger partial charge in [-0.25, -0.2) is 4.98 Å². The van der Waals surface area contributed by atoms with Crippen LogP contribution in [0.5, 0.6) is 0 Å². The quantitative estimate of drug-likeness (QED) is 0.784. The molecule has 0 aromatic carbocycles. The number of furan rings is 1. The average molecular weight is 316 g/mol. The minimum absolute atomic E-state index is 0.00485. The number of thiazole rings is 1. The van der Waals surface area contributed by atoms with Crippen LogP contribution < -0.4 is 5.32 Å². The minimum Gasteiger partial charge on any atom is -0.469 e. The van der Waals surface area contributed by atoms with Crippen molar-refractivity contribution in [3.05, 3.63) is 47.0 Å². The van der Waals surface area contributed by atoms with Crippen molar-refractivity contribution >= 4 is 33.7 Å². The lowest BCUT2D eigenvalue weighted by molar-refractivity contribution is -0.117. The van der Waals surface area contributed by atoms with Crippen LogP contribution in [0.4, 0.5) is 5.13 Å². The zero-order chi connectivity index (χ0) is 14.2. The van der Waals surface area contributed by atoms with Crippen molar-refractivity contribution in [2.45, 2.75) is 12.3 Å². The van der Waals surface area contributed by atoms with Gasteiger partial charge in [0.25, 0.3) is 0 Å². The number of nitrogens with zero attached hydrogens (tertiary/aromatic N) is 1. The van der Waals surface area contributed by atoms with E-state index in [0.717, 1.165) is 22.8 Å². The molecular weight excluding hydrogens is 304 g/mol. The molecule has 0 bridgehead atoms. The van der Waals surface area contributed by atoms with E-state index in [1.807, 2.05) is 35.0 Å². The van der Waals surface area contributed by atoms with Crippen molar-refractivity contribution < 1.29 is 9.21 Å². The Kier molecular flexibility index (Phi) is 3.12. The van der Waals surface area contributed by atoms with Crippen molar-refractivity contribution in [3.8, 4) is 10.6 Å². The molecule has 6 heteroatoms. The van der Waals surface area contributed by atoms with Crippen molar-refractivity contribution in [2.75, 3.05) is 5.32 Å². The van der Waals surface area contributed by atoms with Crippen molar-refractivity contribution in [1.29, 1.82) is 0 Å². The Hall–Kier alpha value is -1.92. The Labute approximate surface area is 129 Å². The third-order valence-corrected chi connectivity index (χ3v) is 5.19. The zero-order valence-electron chi connectivity index (χ0n) is 11.0. The first-order chi connectivity index (χ1) is 10.3. The number of amides is 1. The molecule has 21 heavy (non-hydrogen) atoms. The van der Waals surface area contributed by atoms with Crippen LogP contribution in [0.25, 0.3) is 10.6 Å².